The van der Waals surface area contributed by atoms with E-state index in [4.69, 9.17) is 4.74 Å². The second-order valence-corrected chi connectivity index (χ2v) is 7.44. The molecule has 156 valence electrons. The summed E-state index contributed by atoms with van der Waals surface area (Å²) < 4.78 is 5.20. The zero-order chi connectivity index (χ0) is 21.3. The maximum Gasteiger partial charge on any atom is 0.277 e. The fourth-order valence-corrected chi connectivity index (χ4v) is 3.94. The van der Waals surface area contributed by atoms with Gasteiger partial charge >= 0.3 is 0 Å². The summed E-state index contributed by atoms with van der Waals surface area (Å²) >= 11 is 0. The third-order valence-corrected chi connectivity index (χ3v) is 5.61. The molecule has 0 saturated carbocycles. The lowest BCUT2D eigenvalue weighted by molar-refractivity contribution is -0.616. The van der Waals surface area contributed by atoms with Crippen LogP contribution in [0.1, 0.15) is 10.4 Å². The Morgan fingerprint density at radius 2 is 1.87 bits per heavy atom. The van der Waals surface area contributed by atoms with Crippen molar-refractivity contribution in [1.29, 1.82) is 0 Å². The van der Waals surface area contributed by atoms with Crippen molar-refractivity contribution in [2.24, 2.45) is 0 Å². The molecule has 1 saturated heterocycles. The van der Waals surface area contributed by atoms with Crippen LogP contribution >= 0.6 is 0 Å². The van der Waals surface area contributed by atoms with E-state index in [0.717, 1.165) is 16.9 Å². The first-order valence-electron chi connectivity index (χ1n) is 9.97. The molecule has 8 nitrogen and oxygen atoms in total. The van der Waals surface area contributed by atoms with Crippen molar-refractivity contribution in [3.05, 3.63) is 48.0 Å². The van der Waals surface area contributed by atoms with E-state index in [1.807, 2.05) is 43.4 Å². The number of nitrogens with one attached hydrogen (secondary N) is 1. The van der Waals surface area contributed by atoms with Crippen LogP contribution in [0.5, 0.6) is 5.75 Å². The highest BCUT2D eigenvalue weighted by molar-refractivity contribution is 6.10. The van der Waals surface area contributed by atoms with Crippen molar-refractivity contribution in [3.63, 3.8) is 0 Å². The first kappa shape index (κ1) is 19.9. The van der Waals surface area contributed by atoms with E-state index in [0.29, 0.717) is 30.9 Å². The Morgan fingerprint density at radius 1 is 1.13 bits per heavy atom. The Bertz CT molecular complexity index is 989. The molecule has 1 fully saturated rings. The highest BCUT2D eigenvalue weighted by atomic mass is 16.5. The number of rotatable bonds is 4. The summed E-state index contributed by atoms with van der Waals surface area (Å²) in [6.45, 7) is 1.30. The van der Waals surface area contributed by atoms with Crippen molar-refractivity contribution >= 4 is 23.4 Å². The molecule has 3 N–H and O–H groups in total. The lowest BCUT2D eigenvalue weighted by Crippen LogP contribution is -2.83. The maximum absolute atomic E-state index is 13.3. The Labute approximate surface area is 174 Å². The molecule has 0 spiro atoms. The van der Waals surface area contributed by atoms with Gasteiger partial charge in [-0.3, -0.25) is 14.4 Å². The lowest BCUT2D eigenvalue weighted by Gasteiger charge is -2.39. The summed E-state index contributed by atoms with van der Waals surface area (Å²) in [5.41, 5.74) is 2.78. The Kier molecular flexibility index (Phi) is 5.41. The standard InChI is InChI=1S/C22H24N4O4/c1-23-12-20(27)25-9-10-26-19(13-25)21(28)24-18-8-5-15(11-17(18)22(26)29)14-3-6-16(30-2)7-4-14/h3-8,11,19,23H,9-10,12-13H2,1-2H3,(H,24,28)/p+1/t19-/m1/s1. The van der Waals surface area contributed by atoms with Crippen LogP contribution in [0.15, 0.2) is 42.5 Å². The molecule has 0 bridgehead atoms. The fourth-order valence-electron chi connectivity index (χ4n) is 3.94. The number of piperazine rings is 1. The van der Waals surface area contributed by atoms with Crippen LogP contribution in [0.3, 0.4) is 0 Å². The molecule has 2 aromatic carbocycles. The number of carbonyl (C=O) groups is 3. The van der Waals surface area contributed by atoms with Crippen LogP contribution < -0.4 is 15.4 Å². The van der Waals surface area contributed by atoms with E-state index >= 15 is 0 Å². The molecule has 0 unspecified atom stereocenters. The second-order valence-electron chi connectivity index (χ2n) is 7.44. The molecule has 0 radical (unpaired) electrons. The number of likely N-dealkylation sites (N-methyl/N-ethyl adjacent to an activating group) is 1. The predicted molar refractivity (Wildman–Crippen MR) is 111 cm³/mol. The number of amides is 3. The Hall–Kier alpha value is -3.39. The molecule has 2 aromatic rings. The summed E-state index contributed by atoms with van der Waals surface area (Å²) in [7, 11) is 3.44. The minimum atomic E-state index is -0.691. The second kappa shape index (κ2) is 8.16. The number of hydrogen-bond acceptors (Lipinski definition) is 4. The minimum absolute atomic E-state index is 0.0269. The van der Waals surface area contributed by atoms with Gasteiger partial charge in [0.25, 0.3) is 11.8 Å². The summed E-state index contributed by atoms with van der Waals surface area (Å²) in [4.78, 5) is 41.7. The third kappa shape index (κ3) is 3.61. The third-order valence-electron chi connectivity index (χ3n) is 5.61. The highest BCUT2D eigenvalue weighted by Gasteiger charge is 2.40. The van der Waals surface area contributed by atoms with Gasteiger partial charge in [-0.1, -0.05) is 18.2 Å². The van der Waals surface area contributed by atoms with Crippen LogP contribution in [-0.4, -0.2) is 73.9 Å². The highest BCUT2D eigenvalue weighted by Crippen LogP contribution is 2.30. The van der Waals surface area contributed by atoms with E-state index in [1.165, 1.54) is 0 Å². The number of benzene rings is 2. The van der Waals surface area contributed by atoms with Crippen molar-refractivity contribution < 1.29 is 24.4 Å². The zero-order valence-corrected chi connectivity index (χ0v) is 17.1. The van der Waals surface area contributed by atoms with Crippen molar-refractivity contribution in [2.75, 3.05) is 45.7 Å². The molecule has 4 rings (SSSR count). The molecule has 0 aliphatic carbocycles. The molecule has 3 amide bonds. The van der Waals surface area contributed by atoms with Gasteiger partial charge in [-0.05, 0) is 35.4 Å². The fraction of sp³-hybridized carbons (Fsp3) is 0.318. The average Bonchev–Trinajstić information content (AvgIpc) is 2.88. The van der Waals surface area contributed by atoms with Crippen LogP contribution in [0.4, 0.5) is 5.69 Å². The average molecular weight is 409 g/mol. The normalized spacial score (nSPS) is 18.3. The van der Waals surface area contributed by atoms with Crippen LogP contribution in [-0.2, 0) is 9.59 Å². The monoisotopic (exact) mass is 409 g/mol. The van der Waals surface area contributed by atoms with Gasteiger partial charge in [-0.2, -0.15) is 0 Å². The number of nitrogens with two attached hydrogens (primary N) is 1. The minimum Gasteiger partial charge on any atom is -0.497 e. The van der Waals surface area contributed by atoms with Gasteiger partial charge in [0.2, 0.25) is 5.91 Å². The smallest absolute Gasteiger partial charge is 0.277 e. The van der Waals surface area contributed by atoms with Crippen LogP contribution in [0, 0.1) is 0 Å². The molecule has 2 heterocycles. The number of methoxy groups -OCH3 is 1. The number of ether oxygens (including phenoxy) is 1. The molecule has 1 atom stereocenters. The number of carbonyl (C=O) groups excluding carboxylic acids is 3. The maximum atomic E-state index is 13.3. The number of hydrogen-bond donors (Lipinski definition) is 2. The molecule has 2 aliphatic heterocycles. The first-order valence-corrected chi connectivity index (χ1v) is 9.97. The summed E-state index contributed by atoms with van der Waals surface area (Å²) in [6, 6.07) is 12.4. The summed E-state index contributed by atoms with van der Waals surface area (Å²) in [5, 5.41) is 4.67. The lowest BCUT2D eigenvalue weighted by atomic mass is 10.0. The molecule has 30 heavy (non-hydrogen) atoms. The first-order chi connectivity index (χ1) is 14.5. The van der Waals surface area contributed by atoms with Gasteiger partial charge in [0.1, 0.15) is 11.8 Å². The van der Waals surface area contributed by atoms with Gasteiger partial charge in [-0.15, -0.1) is 0 Å². The largest absolute Gasteiger partial charge is 0.497 e. The van der Waals surface area contributed by atoms with E-state index in [9.17, 15) is 14.4 Å². The number of nitrogens with zero attached hydrogens (tertiary/aromatic N) is 2. The molecular weight excluding hydrogens is 384 g/mol. The van der Waals surface area contributed by atoms with Gasteiger partial charge in [0.05, 0.1) is 32.0 Å². The zero-order valence-electron chi connectivity index (χ0n) is 17.1. The molecular formula is C22H25N4O4+. The summed E-state index contributed by atoms with van der Waals surface area (Å²) in [6.07, 6.45) is 0. The number of fused-ring (bicyclic) bond motifs is 2. The number of quaternary nitrogens is 1. The van der Waals surface area contributed by atoms with Gasteiger partial charge < -0.3 is 25.2 Å². The van der Waals surface area contributed by atoms with E-state index < -0.39 is 6.04 Å². The van der Waals surface area contributed by atoms with Crippen LogP contribution in [0.2, 0.25) is 0 Å². The van der Waals surface area contributed by atoms with E-state index in [1.54, 1.807) is 28.3 Å². The quantitative estimate of drug-likeness (QED) is 0.752. The van der Waals surface area contributed by atoms with E-state index in [2.05, 4.69) is 5.32 Å². The Morgan fingerprint density at radius 3 is 2.57 bits per heavy atom. The number of anilines is 1. The topological polar surface area (TPSA) is 95.6 Å². The Balaban J connectivity index is 1.63. The molecule has 0 aromatic heterocycles. The van der Waals surface area contributed by atoms with Gasteiger partial charge in [0, 0.05) is 13.1 Å². The molecule has 8 heteroatoms. The SMILES string of the molecule is C[NH2+]CC(=O)N1CCN2C(=O)c3cc(-c4ccc(OC)cc4)ccc3NC(=O)[C@H]2C1. The van der Waals surface area contributed by atoms with Crippen molar-refractivity contribution in [3.8, 4) is 16.9 Å². The molecule has 2 aliphatic rings. The summed E-state index contributed by atoms with van der Waals surface area (Å²) in [5.74, 6) is 0.267. The van der Waals surface area contributed by atoms with Crippen molar-refractivity contribution in [2.45, 2.75) is 6.04 Å². The van der Waals surface area contributed by atoms with Gasteiger partial charge in [0.15, 0.2) is 6.54 Å². The predicted octanol–water partition coefficient (Wildman–Crippen LogP) is 0.161. The van der Waals surface area contributed by atoms with Crippen LogP contribution in [0.25, 0.3) is 11.1 Å². The van der Waals surface area contributed by atoms with Gasteiger partial charge in [-0.25, -0.2) is 0 Å². The van der Waals surface area contributed by atoms with Crippen molar-refractivity contribution in [1.82, 2.24) is 9.80 Å². The van der Waals surface area contributed by atoms with E-state index in [-0.39, 0.29) is 24.3 Å².